The molecule has 0 aliphatic carbocycles. The number of esters is 1. The third kappa shape index (κ3) is 3.36. The van der Waals surface area contributed by atoms with Crippen molar-refractivity contribution < 1.29 is 18.7 Å². The van der Waals surface area contributed by atoms with E-state index < -0.39 is 11.9 Å². The lowest BCUT2D eigenvalue weighted by molar-refractivity contribution is -0.135. The fourth-order valence-corrected chi connectivity index (χ4v) is 3.48. The van der Waals surface area contributed by atoms with Crippen LogP contribution in [-0.2, 0) is 14.3 Å². The summed E-state index contributed by atoms with van der Waals surface area (Å²) in [6.45, 7) is 0. The third-order valence-corrected chi connectivity index (χ3v) is 4.86. The number of nitrogens with one attached hydrogen (secondary N) is 1. The minimum atomic E-state index is -0.635. The summed E-state index contributed by atoms with van der Waals surface area (Å²) in [4.78, 5) is 22.9. The lowest BCUT2D eigenvalue weighted by atomic mass is 10.2. The molecule has 1 aromatic carbocycles. The van der Waals surface area contributed by atoms with Crippen LogP contribution < -0.4 is 5.32 Å². The highest BCUT2D eigenvalue weighted by Gasteiger charge is 2.25. The highest BCUT2D eigenvalue weighted by atomic mass is 32.2. The van der Waals surface area contributed by atoms with E-state index in [9.17, 15) is 14.0 Å². The summed E-state index contributed by atoms with van der Waals surface area (Å²) in [6.07, 6.45) is 2.34. The molecule has 3 rings (SSSR count). The standard InChI is InChI=1S/C15H10FN3O3S2/c1-22-11(20)6-10-14(21)18-15(24-10)19-17-7-9-3-2-8-4-5-23-13(8)12(9)16/h2-7H,1H3,(H,18,19,21)/b10-6+,17-7?. The van der Waals surface area contributed by atoms with Gasteiger partial charge in [-0.25, -0.2) is 9.18 Å². The zero-order valence-corrected chi connectivity index (χ0v) is 13.9. The van der Waals surface area contributed by atoms with Crippen LogP contribution in [-0.4, -0.2) is 30.4 Å². The third-order valence-electron chi connectivity index (χ3n) is 3.04. The van der Waals surface area contributed by atoms with Gasteiger partial charge in [0.05, 0.1) is 22.9 Å². The van der Waals surface area contributed by atoms with Gasteiger partial charge < -0.3 is 4.74 Å². The molecule has 1 fully saturated rings. The molecular weight excluding hydrogens is 353 g/mol. The molecule has 0 saturated carbocycles. The largest absolute Gasteiger partial charge is 0.466 e. The number of halogens is 1. The second-order valence-corrected chi connectivity index (χ2v) is 6.49. The van der Waals surface area contributed by atoms with Crippen molar-refractivity contribution in [2.45, 2.75) is 0 Å². The summed E-state index contributed by atoms with van der Waals surface area (Å²) < 4.78 is 19.3. The van der Waals surface area contributed by atoms with E-state index in [-0.39, 0.29) is 15.9 Å². The number of hydrogen-bond acceptors (Lipinski definition) is 7. The Labute approximate surface area is 144 Å². The number of fused-ring (bicyclic) bond motifs is 1. The number of benzene rings is 1. The predicted molar refractivity (Wildman–Crippen MR) is 92.6 cm³/mol. The summed E-state index contributed by atoms with van der Waals surface area (Å²) >= 11 is 2.26. The monoisotopic (exact) mass is 363 g/mol. The number of thioether (sulfide) groups is 1. The van der Waals surface area contributed by atoms with E-state index in [1.54, 1.807) is 12.1 Å². The second kappa shape index (κ2) is 6.93. The van der Waals surface area contributed by atoms with Crippen LogP contribution in [0.15, 0.2) is 44.8 Å². The molecule has 1 aliphatic rings. The second-order valence-electron chi connectivity index (χ2n) is 4.55. The van der Waals surface area contributed by atoms with E-state index in [1.807, 2.05) is 11.4 Å². The number of carbonyl (C=O) groups excluding carboxylic acids is 2. The van der Waals surface area contributed by atoms with Crippen molar-refractivity contribution in [1.29, 1.82) is 0 Å². The van der Waals surface area contributed by atoms with Crippen molar-refractivity contribution in [2.24, 2.45) is 10.2 Å². The lowest BCUT2D eigenvalue weighted by Gasteiger charge is -1.97. The highest BCUT2D eigenvalue weighted by molar-refractivity contribution is 8.18. The molecule has 122 valence electrons. The molecule has 0 unspecified atom stereocenters. The zero-order chi connectivity index (χ0) is 17.1. The first-order valence-electron chi connectivity index (χ1n) is 6.64. The number of amidine groups is 1. The minimum Gasteiger partial charge on any atom is -0.466 e. The molecule has 6 nitrogen and oxygen atoms in total. The Bertz CT molecular complexity index is 918. The molecule has 24 heavy (non-hydrogen) atoms. The Balaban J connectivity index is 1.76. The smallest absolute Gasteiger partial charge is 0.331 e. The fraction of sp³-hybridized carbons (Fsp3) is 0.0667. The van der Waals surface area contributed by atoms with Gasteiger partial charge >= 0.3 is 5.97 Å². The van der Waals surface area contributed by atoms with Crippen molar-refractivity contribution in [2.75, 3.05) is 7.11 Å². The van der Waals surface area contributed by atoms with Crippen LogP contribution in [0.3, 0.4) is 0 Å². The maximum Gasteiger partial charge on any atom is 0.331 e. The molecular formula is C15H10FN3O3S2. The Hall–Kier alpha value is -2.52. The molecule has 2 aromatic rings. The Morgan fingerprint density at radius 3 is 3.00 bits per heavy atom. The van der Waals surface area contributed by atoms with Crippen molar-refractivity contribution in [3.8, 4) is 0 Å². The molecule has 1 N–H and O–H groups in total. The van der Waals surface area contributed by atoms with Crippen molar-refractivity contribution in [3.63, 3.8) is 0 Å². The lowest BCUT2D eigenvalue weighted by Crippen LogP contribution is -2.19. The van der Waals surface area contributed by atoms with Gasteiger partial charge in [0.25, 0.3) is 5.91 Å². The van der Waals surface area contributed by atoms with Crippen LogP contribution in [0.2, 0.25) is 0 Å². The highest BCUT2D eigenvalue weighted by Crippen LogP contribution is 2.26. The van der Waals surface area contributed by atoms with Crippen LogP contribution in [0.25, 0.3) is 10.1 Å². The van der Waals surface area contributed by atoms with Crippen LogP contribution in [0.5, 0.6) is 0 Å². The molecule has 1 aromatic heterocycles. The molecule has 0 atom stereocenters. The Kier molecular flexibility index (Phi) is 4.72. The average molecular weight is 363 g/mol. The van der Waals surface area contributed by atoms with Gasteiger partial charge in [-0.1, -0.05) is 6.07 Å². The molecule has 9 heteroatoms. The van der Waals surface area contributed by atoms with Gasteiger partial charge in [0.1, 0.15) is 5.82 Å². The zero-order valence-electron chi connectivity index (χ0n) is 12.3. The van der Waals surface area contributed by atoms with E-state index in [4.69, 9.17) is 0 Å². The number of nitrogens with zero attached hydrogens (tertiary/aromatic N) is 2. The molecule has 1 aliphatic heterocycles. The minimum absolute atomic E-state index is 0.155. The van der Waals surface area contributed by atoms with Crippen molar-refractivity contribution >= 4 is 56.4 Å². The molecule has 1 saturated heterocycles. The van der Waals surface area contributed by atoms with Gasteiger partial charge in [0, 0.05) is 11.6 Å². The molecule has 0 radical (unpaired) electrons. The SMILES string of the molecule is COC(=O)/C=C1/S/C(=N\N=Cc2ccc3ccsc3c2F)NC1=O. The van der Waals surface area contributed by atoms with Gasteiger partial charge in [-0.2, -0.15) is 5.10 Å². The van der Waals surface area contributed by atoms with Crippen LogP contribution in [0.4, 0.5) is 4.39 Å². The number of ether oxygens (including phenoxy) is 1. The summed E-state index contributed by atoms with van der Waals surface area (Å²) in [5, 5.41) is 12.9. The van der Waals surface area contributed by atoms with Gasteiger partial charge in [0.2, 0.25) is 0 Å². The molecule has 1 amide bonds. The van der Waals surface area contributed by atoms with Gasteiger partial charge in [0.15, 0.2) is 5.17 Å². The van der Waals surface area contributed by atoms with Gasteiger partial charge in [-0.15, -0.1) is 16.4 Å². The maximum absolute atomic E-state index is 14.2. The summed E-state index contributed by atoms with van der Waals surface area (Å²) in [5.74, 6) is -1.46. The number of methoxy groups -OCH3 is 1. The van der Waals surface area contributed by atoms with Crippen LogP contribution in [0.1, 0.15) is 5.56 Å². The van der Waals surface area contributed by atoms with E-state index in [0.717, 1.165) is 23.2 Å². The number of amides is 1. The Morgan fingerprint density at radius 1 is 1.38 bits per heavy atom. The van der Waals surface area contributed by atoms with E-state index in [2.05, 4.69) is 20.3 Å². The van der Waals surface area contributed by atoms with Crippen LogP contribution in [0, 0.1) is 5.82 Å². The first-order valence-corrected chi connectivity index (χ1v) is 8.33. The van der Waals surface area contributed by atoms with E-state index >= 15 is 0 Å². The van der Waals surface area contributed by atoms with Crippen molar-refractivity contribution in [1.82, 2.24) is 5.32 Å². The average Bonchev–Trinajstić information content (AvgIpc) is 3.17. The topological polar surface area (TPSA) is 80.1 Å². The molecule has 0 bridgehead atoms. The Morgan fingerprint density at radius 2 is 2.21 bits per heavy atom. The van der Waals surface area contributed by atoms with Gasteiger partial charge in [-0.3, -0.25) is 10.1 Å². The molecule has 0 spiro atoms. The predicted octanol–water partition coefficient (Wildman–Crippen LogP) is 2.65. The number of carbonyl (C=O) groups is 2. The first kappa shape index (κ1) is 16.3. The fourth-order valence-electron chi connectivity index (χ4n) is 1.90. The molecule has 2 heterocycles. The normalized spacial score (nSPS) is 18.0. The number of thiophene rings is 1. The summed E-state index contributed by atoms with van der Waals surface area (Å²) in [5.41, 5.74) is 0.300. The first-order chi connectivity index (χ1) is 11.6. The number of hydrogen-bond donors (Lipinski definition) is 1. The summed E-state index contributed by atoms with van der Waals surface area (Å²) in [7, 11) is 1.22. The quantitative estimate of drug-likeness (QED) is 0.393. The van der Waals surface area contributed by atoms with Crippen molar-refractivity contribution in [3.05, 3.63) is 45.9 Å². The van der Waals surface area contributed by atoms with Gasteiger partial charge in [-0.05, 0) is 34.7 Å². The summed E-state index contributed by atoms with van der Waals surface area (Å²) in [6, 6.07) is 5.24. The van der Waals surface area contributed by atoms with E-state index in [0.29, 0.717) is 10.3 Å². The maximum atomic E-state index is 14.2. The van der Waals surface area contributed by atoms with E-state index in [1.165, 1.54) is 24.7 Å². The number of rotatable bonds is 3. The van der Waals surface area contributed by atoms with Crippen LogP contribution >= 0.6 is 23.1 Å².